The van der Waals surface area contributed by atoms with Crippen molar-refractivity contribution >= 4 is 5.69 Å². The molecule has 0 aromatic heterocycles. The maximum absolute atomic E-state index is 5.91. The molecule has 0 radical (unpaired) electrons. The molecule has 1 saturated carbocycles. The van der Waals surface area contributed by atoms with Gasteiger partial charge in [-0.3, -0.25) is 4.90 Å². The van der Waals surface area contributed by atoms with Gasteiger partial charge in [0.15, 0.2) is 0 Å². The van der Waals surface area contributed by atoms with E-state index < -0.39 is 0 Å². The van der Waals surface area contributed by atoms with Crippen molar-refractivity contribution in [2.45, 2.75) is 39.3 Å². The second kappa shape index (κ2) is 4.23. The first-order chi connectivity index (χ1) is 7.20. The normalized spacial score (nSPS) is 15.9. The first-order valence-electron chi connectivity index (χ1n) is 5.79. The Morgan fingerprint density at radius 2 is 2.13 bits per heavy atom. The molecule has 0 bridgehead atoms. The molecule has 1 aliphatic carbocycles. The highest BCUT2D eigenvalue weighted by Gasteiger charge is 2.27. The Kier molecular flexibility index (Phi) is 2.96. The highest BCUT2D eigenvalue weighted by molar-refractivity contribution is 5.48. The summed E-state index contributed by atoms with van der Waals surface area (Å²) in [6.07, 6.45) is 2.74. The third-order valence-corrected chi connectivity index (χ3v) is 3.20. The molecule has 15 heavy (non-hydrogen) atoms. The predicted molar refractivity (Wildman–Crippen MR) is 64.7 cm³/mol. The van der Waals surface area contributed by atoms with Crippen molar-refractivity contribution in [3.05, 3.63) is 29.3 Å². The molecule has 1 aromatic rings. The highest BCUT2D eigenvalue weighted by atomic mass is 15.2. The van der Waals surface area contributed by atoms with Gasteiger partial charge in [0.1, 0.15) is 0 Å². The standard InChI is InChI=1S/C13H20N2/c1-3-15(12-6-7-12)9-11-5-4-10(2)13(14)8-11/h4-5,8,12H,3,6-7,9,14H2,1-2H3. The molecule has 2 N–H and O–H groups in total. The van der Waals surface area contributed by atoms with Crippen LogP contribution in [0, 0.1) is 6.92 Å². The minimum absolute atomic E-state index is 0.831. The van der Waals surface area contributed by atoms with E-state index >= 15 is 0 Å². The van der Waals surface area contributed by atoms with Gasteiger partial charge in [0.25, 0.3) is 0 Å². The van der Waals surface area contributed by atoms with E-state index in [1.165, 1.54) is 24.0 Å². The van der Waals surface area contributed by atoms with Crippen LogP contribution in [0.5, 0.6) is 0 Å². The lowest BCUT2D eigenvalue weighted by atomic mass is 10.1. The van der Waals surface area contributed by atoms with Crippen LogP contribution in [0.4, 0.5) is 5.69 Å². The SMILES string of the molecule is CCN(Cc1ccc(C)c(N)c1)C1CC1. The van der Waals surface area contributed by atoms with E-state index in [2.05, 4.69) is 36.9 Å². The van der Waals surface area contributed by atoms with Crippen molar-refractivity contribution in [2.75, 3.05) is 12.3 Å². The Hall–Kier alpha value is -1.02. The van der Waals surface area contributed by atoms with E-state index in [4.69, 9.17) is 5.73 Å². The molecule has 1 fully saturated rings. The molecule has 2 nitrogen and oxygen atoms in total. The average Bonchev–Trinajstić information content (AvgIpc) is 3.03. The smallest absolute Gasteiger partial charge is 0.0346 e. The summed E-state index contributed by atoms with van der Waals surface area (Å²) in [4.78, 5) is 2.53. The molecule has 0 unspecified atom stereocenters. The number of hydrogen-bond acceptors (Lipinski definition) is 2. The minimum atomic E-state index is 0.831. The Morgan fingerprint density at radius 1 is 1.40 bits per heavy atom. The molecule has 0 saturated heterocycles. The first-order valence-corrected chi connectivity index (χ1v) is 5.79. The molecule has 0 amide bonds. The van der Waals surface area contributed by atoms with E-state index in [0.29, 0.717) is 0 Å². The van der Waals surface area contributed by atoms with E-state index in [1.54, 1.807) is 0 Å². The van der Waals surface area contributed by atoms with Crippen LogP contribution in [0.15, 0.2) is 18.2 Å². The fourth-order valence-corrected chi connectivity index (χ4v) is 1.96. The number of anilines is 1. The lowest BCUT2D eigenvalue weighted by Crippen LogP contribution is -2.25. The molecule has 82 valence electrons. The number of hydrogen-bond donors (Lipinski definition) is 1. The number of aryl methyl sites for hydroxylation is 1. The molecule has 1 aliphatic rings. The Morgan fingerprint density at radius 3 is 2.67 bits per heavy atom. The maximum Gasteiger partial charge on any atom is 0.0346 e. The van der Waals surface area contributed by atoms with Crippen LogP contribution in [-0.2, 0) is 6.54 Å². The summed E-state index contributed by atoms with van der Waals surface area (Å²) >= 11 is 0. The maximum atomic E-state index is 5.91. The third kappa shape index (κ3) is 2.51. The molecule has 0 heterocycles. The van der Waals surface area contributed by atoms with Crippen LogP contribution in [0.2, 0.25) is 0 Å². The van der Waals surface area contributed by atoms with E-state index in [9.17, 15) is 0 Å². The Labute approximate surface area is 92.1 Å². The zero-order valence-corrected chi connectivity index (χ0v) is 9.66. The summed E-state index contributed by atoms with van der Waals surface area (Å²) < 4.78 is 0. The summed E-state index contributed by atoms with van der Waals surface area (Å²) in [6, 6.07) is 7.25. The van der Waals surface area contributed by atoms with Gasteiger partial charge in [-0.25, -0.2) is 0 Å². The lowest BCUT2D eigenvalue weighted by molar-refractivity contribution is 0.269. The summed E-state index contributed by atoms with van der Waals surface area (Å²) in [7, 11) is 0. The zero-order chi connectivity index (χ0) is 10.8. The van der Waals surface area contributed by atoms with E-state index in [0.717, 1.165) is 24.8 Å². The number of benzene rings is 1. The largest absolute Gasteiger partial charge is 0.399 e. The molecule has 0 spiro atoms. The number of nitrogens with zero attached hydrogens (tertiary/aromatic N) is 1. The van der Waals surface area contributed by atoms with Crippen molar-refractivity contribution in [1.82, 2.24) is 4.90 Å². The van der Waals surface area contributed by atoms with Crippen LogP contribution < -0.4 is 5.73 Å². The topological polar surface area (TPSA) is 29.3 Å². The summed E-state index contributed by atoms with van der Waals surface area (Å²) in [5.41, 5.74) is 9.34. The minimum Gasteiger partial charge on any atom is -0.399 e. The lowest BCUT2D eigenvalue weighted by Gasteiger charge is -2.20. The van der Waals surface area contributed by atoms with Crippen molar-refractivity contribution in [3.63, 3.8) is 0 Å². The number of nitrogens with two attached hydrogens (primary N) is 1. The summed E-state index contributed by atoms with van der Waals surface area (Å²) in [6.45, 7) is 6.47. The van der Waals surface area contributed by atoms with Gasteiger partial charge in [0, 0.05) is 18.3 Å². The van der Waals surface area contributed by atoms with Crippen molar-refractivity contribution < 1.29 is 0 Å². The van der Waals surface area contributed by atoms with Crippen LogP contribution >= 0.6 is 0 Å². The van der Waals surface area contributed by atoms with Crippen LogP contribution in [-0.4, -0.2) is 17.5 Å². The monoisotopic (exact) mass is 204 g/mol. The zero-order valence-electron chi connectivity index (χ0n) is 9.66. The Bertz CT molecular complexity index is 342. The van der Waals surface area contributed by atoms with Crippen molar-refractivity contribution in [3.8, 4) is 0 Å². The van der Waals surface area contributed by atoms with Crippen LogP contribution in [0.25, 0.3) is 0 Å². The Balaban J connectivity index is 2.05. The predicted octanol–water partition coefficient (Wildman–Crippen LogP) is 2.56. The molecule has 0 atom stereocenters. The number of nitrogen functional groups attached to an aromatic ring is 1. The highest BCUT2D eigenvalue weighted by Crippen LogP contribution is 2.28. The number of rotatable bonds is 4. The van der Waals surface area contributed by atoms with E-state index in [1.807, 2.05) is 0 Å². The van der Waals surface area contributed by atoms with E-state index in [-0.39, 0.29) is 0 Å². The first kappa shape index (κ1) is 10.5. The van der Waals surface area contributed by atoms with Gasteiger partial charge in [0.05, 0.1) is 0 Å². The molecule has 1 aromatic carbocycles. The molecular weight excluding hydrogens is 184 g/mol. The molecule has 2 heteroatoms. The fraction of sp³-hybridized carbons (Fsp3) is 0.538. The summed E-state index contributed by atoms with van der Waals surface area (Å²) in [5, 5.41) is 0. The van der Waals surface area contributed by atoms with Gasteiger partial charge in [-0.1, -0.05) is 19.1 Å². The van der Waals surface area contributed by atoms with Gasteiger partial charge < -0.3 is 5.73 Å². The van der Waals surface area contributed by atoms with Crippen LogP contribution in [0.3, 0.4) is 0 Å². The van der Waals surface area contributed by atoms with Gasteiger partial charge in [-0.15, -0.1) is 0 Å². The van der Waals surface area contributed by atoms with Gasteiger partial charge in [-0.05, 0) is 43.5 Å². The molecule has 2 rings (SSSR count). The van der Waals surface area contributed by atoms with Crippen molar-refractivity contribution in [2.24, 2.45) is 0 Å². The molecular formula is C13H20N2. The molecule has 0 aliphatic heterocycles. The summed E-state index contributed by atoms with van der Waals surface area (Å²) in [5.74, 6) is 0. The fourth-order valence-electron chi connectivity index (χ4n) is 1.96. The van der Waals surface area contributed by atoms with Crippen molar-refractivity contribution in [1.29, 1.82) is 0 Å². The van der Waals surface area contributed by atoms with Gasteiger partial charge in [0.2, 0.25) is 0 Å². The average molecular weight is 204 g/mol. The second-order valence-corrected chi connectivity index (χ2v) is 4.49. The van der Waals surface area contributed by atoms with Crippen LogP contribution in [0.1, 0.15) is 30.9 Å². The second-order valence-electron chi connectivity index (χ2n) is 4.49. The quantitative estimate of drug-likeness (QED) is 0.764. The van der Waals surface area contributed by atoms with Gasteiger partial charge >= 0.3 is 0 Å². The third-order valence-electron chi connectivity index (χ3n) is 3.20. The van der Waals surface area contributed by atoms with Gasteiger partial charge in [-0.2, -0.15) is 0 Å².